The second-order valence-corrected chi connectivity index (χ2v) is 7.70. The second-order valence-electron chi connectivity index (χ2n) is 6.87. The van der Waals surface area contributed by atoms with Gasteiger partial charge in [0.1, 0.15) is 0 Å². The lowest BCUT2D eigenvalue weighted by Crippen LogP contribution is -2.11. The van der Waals surface area contributed by atoms with E-state index in [1.807, 2.05) is 49.4 Å². The molecule has 3 N–H and O–H groups in total. The predicted octanol–water partition coefficient (Wildman–Crippen LogP) is 3.26. The maximum atomic E-state index is 12.9. The fourth-order valence-corrected chi connectivity index (χ4v) is 3.62. The Morgan fingerprint density at radius 2 is 1.83 bits per heavy atom. The van der Waals surface area contributed by atoms with E-state index in [0.29, 0.717) is 16.8 Å². The fourth-order valence-electron chi connectivity index (χ4n) is 3.33. The first-order valence-corrected chi connectivity index (χ1v) is 10.5. The summed E-state index contributed by atoms with van der Waals surface area (Å²) >= 11 is 0. The number of H-pyrrole nitrogens is 1. The molecule has 0 amide bonds. The molecule has 0 fully saturated rings. The minimum absolute atomic E-state index is 0.0924. The summed E-state index contributed by atoms with van der Waals surface area (Å²) in [6, 6.07) is 18.5. The highest BCUT2D eigenvalue weighted by Crippen LogP contribution is 2.35. The van der Waals surface area contributed by atoms with Gasteiger partial charge in [-0.2, -0.15) is 0 Å². The highest BCUT2D eigenvalue weighted by molar-refractivity contribution is 7.70. The third-order valence-electron chi connectivity index (χ3n) is 4.68. The van der Waals surface area contributed by atoms with E-state index in [0.717, 1.165) is 28.0 Å². The van der Waals surface area contributed by atoms with Crippen LogP contribution in [0.4, 0.5) is 11.4 Å². The van der Waals surface area contributed by atoms with E-state index in [1.54, 1.807) is 24.4 Å². The number of para-hydroxylation sites is 1. The Balaban J connectivity index is 1.91. The molecule has 2 aromatic carbocycles. The predicted molar refractivity (Wildman–Crippen MR) is 119 cm³/mol. The molecule has 0 atom stereocenters. The lowest BCUT2D eigenvalue weighted by atomic mass is 10.1. The van der Waals surface area contributed by atoms with Crippen molar-refractivity contribution < 1.29 is 8.42 Å². The van der Waals surface area contributed by atoms with Crippen molar-refractivity contribution in [2.75, 3.05) is 5.32 Å². The lowest BCUT2D eigenvalue weighted by molar-refractivity contribution is 0.600. The minimum atomic E-state index is -2.71. The van der Waals surface area contributed by atoms with Gasteiger partial charge in [-0.25, -0.2) is 13.1 Å². The molecule has 0 saturated carbocycles. The average molecular weight is 420 g/mol. The van der Waals surface area contributed by atoms with Gasteiger partial charge in [-0.1, -0.05) is 24.3 Å². The molecule has 0 aliphatic rings. The van der Waals surface area contributed by atoms with Crippen molar-refractivity contribution in [3.05, 3.63) is 88.3 Å². The standard InChI is InChI=1S/C22H20N4O3S/c1-14-7-8-19(27)20-18(11-14)26-21(22(20)25-16-5-3-2-4-6-16)15-9-10-23-17(12-15)13-24-30(28)29/h2-12,25-26,30H,13H2,1H3,(H,24,28,29). The molecule has 30 heavy (non-hydrogen) atoms. The number of nitrogens with one attached hydrogen (secondary N) is 3. The SMILES string of the molecule is Cc1ccc(=O)c2c(Nc3ccccc3)c(-c3ccnc(CN[SH](=O)=O)c3)[nH]c2c1. The van der Waals surface area contributed by atoms with Crippen molar-refractivity contribution >= 4 is 33.2 Å². The number of pyridine rings is 1. The van der Waals surface area contributed by atoms with Crippen molar-refractivity contribution in [1.82, 2.24) is 14.7 Å². The molecule has 4 rings (SSSR count). The summed E-state index contributed by atoms with van der Waals surface area (Å²) in [5.74, 6) is 0. The molecule has 0 bridgehead atoms. The number of aromatic amines is 1. The van der Waals surface area contributed by atoms with Crippen LogP contribution in [0.3, 0.4) is 0 Å². The number of nitrogens with zero attached hydrogens (tertiary/aromatic N) is 1. The topological polar surface area (TPSA) is 104 Å². The third kappa shape index (κ3) is 4.24. The van der Waals surface area contributed by atoms with Crippen molar-refractivity contribution in [1.29, 1.82) is 0 Å². The molecule has 152 valence electrons. The van der Waals surface area contributed by atoms with Gasteiger partial charge in [0, 0.05) is 17.4 Å². The maximum absolute atomic E-state index is 12.9. The van der Waals surface area contributed by atoms with E-state index in [2.05, 4.69) is 20.0 Å². The quantitative estimate of drug-likeness (QED) is 0.359. The van der Waals surface area contributed by atoms with Crippen LogP contribution >= 0.6 is 0 Å². The van der Waals surface area contributed by atoms with E-state index in [9.17, 15) is 13.2 Å². The highest BCUT2D eigenvalue weighted by Gasteiger charge is 2.16. The number of aryl methyl sites for hydroxylation is 1. The Bertz CT molecular complexity index is 1340. The highest BCUT2D eigenvalue weighted by atomic mass is 32.2. The Hall–Kier alpha value is -3.49. The van der Waals surface area contributed by atoms with Gasteiger partial charge < -0.3 is 10.3 Å². The molecule has 4 aromatic rings. The molecule has 0 radical (unpaired) electrons. The van der Waals surface area contributed by atoms with Crippen LogP contribution in [0.15, 0.2) is 71.7 Å². The largest absolute Gasteiger partial charge is 0.353 e. The summed E-state index contributed by atoms with van der Waals surface area (Å²) in [6.07, 6.45) is 1.62. The summed E-state index contributed by atoms with van der Waals surface area (Å²) in [4.78, 5) is 20.5. The van der Waals surface area contributed by atoms with Crippen molar-refractivity contribution in [3.63, 3.8) is 0 Å². The van der Waals surface area contributed by atoms with E-state index in [1.165, 1.54) is 0 Å². The van der Waals surface area contributed by atoms with Crippen LogP contribution in [0.2, 0.25) is 0 Å². The third-order valence-corrected chi connectivity index (χ3v) is 5.10. The molecule has 8 heteroatoms. The maximum Gasteiger partial charge on any atom is 0.201 e. The second kappa shape index (κ2) is 8.48. The van der Waals surface area contributed by atoms with E-state index < -0.39 is 10.9 Å². The Morgan fingerprint density at radius 1 is 1.03 bits per heavy atom. The van der Waals surface area contributed by atoms with Crippen LogP contribution in [0.1, 0.15) is 11.3 Å². The van der Waals surface area contributed by atoms with Gasteiger partial charge in [0.25, 0.3) is 0 Å². The van der Waals surface area contributed by atoms with Crippen LogP contribution in [0.5, 0.6) is 0 Å². The molecule has 0 spiro atoms. The van der Waals surface area contributed by atoms with Crippen LogP contribution in [0.25, 0.3) is 22.2 Å². The van der Waals surface area contributed by atoms with Crippen molar-refractivity contribution in [3.8, 4) is 11.3 Å². The molecule has 0 aliphatic carbocycles. The van der Waals surface area contributed by atoms with Crippen molar-refractivity contribution in [2.24, 2.45) is 0 Å². The van der Waals surface area contributed by atoms with Crippen LogP contribution in [-0.4, -0.2) is 18.4 Å². The number of hydrogen-bond acceptors (Lipinski definition) is 5. The first-order chi connectivity index (χ1) is 14.5. The Morgan fingerprint density at radius 3 is 2.60 bits per heavy atom. The Labute approximate surface area is 174 Å². The number of fused-ring (bicyclic) bond motifs is 1. The first-order valence-electron chi connectivity index (χ1n) is 9.33. The van der Waals surface area contributed by atoms with Gasteiger partial charge in [-0.15, -0.1) is 0 Å². The summed E-state index contributed by atoms with van der Waals surface area (Å²) in [5, 5.41) is 3.93. The number of thiol groups is 1. The number of aromatic nitrogens is 2. The molecule has 0 saturated heterocycles. The summed E-state index contributed by atoms with van der Waals surface area (Å²) in [6.45, 7) is 2.03. The molecule has 7 nitrogen and oxygen atoms in total. The molecule has 2 aromatic heterocycles. The van der Waals surface area contributed by atoms with E-state index in [4.69, 9.17) is 0 Å². The average Bonchev–Trinajstić information content (AvgIpc) is 3.01. The smallest absolute Gasteiger partial charge is 0.201 e. The molecule has 2 heterocycles. The molecule has 0 unspecified atom stereocenters. The monoisotopic (exact) mass is 420 g/mol. The van der Waals surface area contributed by atoms with Crippen LogP contribution in [0, 0.1) is 6.92 Å². The minimum Gasteiger partial charge on any atom is -0.353 e. The number of rotatable bonds is 6. The van der Waals surface area contributed by atoms with Crippen LogP contribution in [-0.2, 0) is 17.4 Å². The zero-order valence-electron chi connectivity index (χ0n) is 16.2. The van der Waals surface area contributed by atoms with Crippen molar-refractivity contribution in [2.45, 2.75) is 13.5 Å². The number of benzene rings is 1. The molecule has 0 aliphatic heterocycles. The van der Waals surface area contributed by atoms with Gasteiger partial charge >= 0.3 is 0 Å². The first kappa shape index (κ1) is 19.8. The van der Waals surface area contributed by atoms with Crippen LogP contribution < -0.4 is 15.5 Å². The van der Waals surface area contributed by atoms with Gasteiger partial charge in [0.05, 0.1) is 34.5 Å². The zero-order valence-corrected chi connectivity index (χ0v) is 17.1. The summed E-state index contributed by atoms with van der Waals surface area (Å²) in [5.41, 5.74) is 5.18. The van der Waals surface area contributed by atoms with Gasteiger partial charge in [0.2, 0.25) is 10.9 Å². The zero-order chi connectivity index (χ0) is 21.1. The normalized spacial score (nSPS) is 11.1. The number of hydrogen-bond donors (Lipinski definition) is 4. The summed E-state index contributed by atoms with van der Waals surface area (Å²) in [7, 11) is -2.71. The van der Waals surface area contributed by atoms with Gasteiger partial charge in [-0.05, 0) is 48.9 Å². The molecular weight excluding hydrogens is 400 g/mol. The Kier molecular flexibility index (Phi) is 5.60. The molecular formula is C22H20N4O3S. The van der Waals surface area contributed by atoms with E-state index in [-0.39, 0.29) is 12.0 Å². The fraction of sp³-hybridized carbons (Fsp3) is 0.0909. The number of anilines is 2. The van der Waals surface area contributed by atoms with E-state index >= 15 is 0 Å². The lowest BCUT2D eigenvalue weighted by Gasteiger charge is -2.09. The van der Waals surface area contributed by atoms with Gasteiger partial charge in [-0.3, -0.25) is 9.78 Å². The summed E-state index contributed by atoms with van der Waals surface area (Å²) < 4.78 is 24.1. The van der Waals surface area contributed by atoms with Gasteiger partial charge in [0.15, 0.2) is 5.43 Å².